The maximum atomic E-state index is 12.6. The summed E-state index contributed by atoms with van der Waals surface area (Å²) in [5.41, 5.74) is 5.85. The molecule has 0 unspecified atom stereocenters. The van der Waals surface area contributed by atoms with E-state index in [1.54, 1.807) is 6.07 Å². The smallest absolute Gasteiger partial charge is 0.125 e. The van der Waals surface area contributed by atoms with E-state index in [9.17, 15) is 4.39 Å². The van der Waals surface area contributed by atoms with Crippen molar-refractivity contribution in [2.24, 2.45) is 0 Å². The Bertz CT molecular complexity index is 330. The Hall–Kier alpha value is -1.08. The van der Waals surface area contributed by atoms with Crippen molar-refractivity contribution in [1.29, 1.82) is 5.26 Å². The Labute approximate surface area is 71.6 Å². The number of halogens is 2. The molecular weight excluding hydrogens is 211 g/mol. The van der Waals surface area contributed by atoms with E-state index in [-0.39, 0.29) is 11.3 Å². The number of rotatable bonds is 0. The molecule has 11 heavy (non-hydrogen) atoms. The highest BCUT2D eigenvalue weighted by atomic mass is 79.9. The van der Waals surface area contributed by atoms with Crippen molar-refractivity contribution in [1.82, 2.24) is 0 Å². The molecule has 0 fully saturated rings. The number of nitriles is 1. The zero-order valence-corrected chi connectivity index (χ0v) is 7.02. The number of benzene rings is 1. The standard InChI is InChI=1S/C7H4BrFN2/c8-6-2-5(9)1-4(3-10)7(6)11/h1-2H,11H2. The van der Waals surface area contributed by atoms with Crippen molar-refractivity contribution in [3.05, 3.63) is 28.0 Å². The fraction of sp³-hybridized carbons (Fsp3) is 0. The van der Waals surface area contributed by atoms with Gasteiger partial charge in [0.2, 0.25) is 0 Å². The molecule has 0 aliphatic rings. The van der Waals surface area contributed by atoms with E-state index in [1.165, 1.54) is 6.07 Å². The first kappa shape index (κ1) is 8.02. The number of hydrogen-bond donors (Lipinski definition) is 1. The fourth-order valence-electron chi connectivity index (χ4n) is 0.677. The van der Waals surface area contributed by atoms with Crippen LogP contribution in [0, 0.1) is 17.1 Å². The van der Waals surface area contributed by atoms with Crippen LogP contribution in [0.5, 0.6) is 0 Å². The second-order valence-corrected chi connectivity index (χ2v) is 2.81. The first-order valence-corrected chi connectivity index (χ1v) is 3.59. The van der Waals surface area contributed by atoms with Gasteiger partial charge >= 0.3 is 0 Å². The molecule has 2 N–H and O–H groups in total. The molecule has 0 heterocycles. The molecule has 0 bridgehead atoms. The van der Waals surface area contributed by atoms with Crippen molar-refractivity contribution < 1.29 is 4.39 Å². The van der Waals surface area contributed by atoms with Crippen molar-refractivity contribution in [2.45, 2.75) is 0 Å². The Morgan fingerprint density at radius 2 is 2.18 bits per heavy atom. The molecule has 0 aliphatic heterocycles. The third kappa shape index (κ3) is 1.49. The van der Waals surface area contributed by atoms with Gasteiger partial charge in [0.25, 0.3) is 0 Å². The van der Waals surface area contributed by atoms with Gasteiger partial charge in [0.15, 0.2) is 0 Å². The molecule has 0 aromatic heterocycles. The highest BCUT2D eigenvalue weighted by molar-refractivity contribution is 9.10. The molecule has 0 atom stereocenters. The number of hydrogen-bond acceptors (Lipinski definition) is 2. The molecule has 56 valence electrons. The summed E-state index contributed by atoms with van der Waals surface area (Å²) in [6.07, 6.45) is 0. The Kier molecular flexibility index (Phi) is 2.11. The second kappa shape index (κ2) is 2.89. The van der Waals surface area contributed by atoms with Crippen LogP contribution < -0.4 is 5.73 Å². The van der Waals surface area contributed by atoms with Crippen molar-refractivity contribution >= 4 is 21.6 Å². The molecule has 1 aromatic rings. The van der Waals surface area contributed by atoms with Crippen molar-refractivity contribution in [3.63, 3.8) is 0 Å². The van der Waals surface area contributed by atoms with Crippen LogP contribution in [0.2, 0.25) is 0 Å². The molecule has 2 nitrogen and oxygen atoms in total. The molecular formula is C7H4BrFN2. The number of anilines is 1. The molecule has 4 heteroatoms. The van der Waals surface area contributed by atoms with E-state index < -0.39 is 5.82 Å². The highest BCUT2D eigenvalue weighted by Crippen LogP contribution is 2.23. The number of nitrogen functional groups attached to an aromatic ring is 1. The third-order valence-corrected chi connectivity index (χ3v) is 1.87. The second-order valence-electron chi connectivity index (χ2n) is 1.96. The van der Waals surface area contributed by atoms with Crippen LogP contribution in [-0.4, -0.2) is 0 Å². The summed E-state index contributed by atoms with van der Waals surface area (Å²) in [4.78, 5) is 0. The number of nitrogens with zero attached hydrogens (tertiary/aromatic N) is 1. The van der Waals surface area contributed by atoms with Crippen molar-refractivity contribution in [3.8, 4) is 6.07 Å². The molecule has 0 amide bonds. The summed E-state index contributed by atoms with van der Waals surface area (Å²) in [5.74, 6) is -0.470. The van der Waals surface area contributed by atoms with E-state index in [0.717, 1.165) is 6.07 Å². The van der Waals surface area contributed by atoms with Gasteiger partial charge in [-0.25, -0.2) is 4.39 Å². The fourth-order valence-corrected chi connectivity index (χ4v) is 1.11. The minimum atomic E-state index is -0.470. The molecule has 1 rings (SSSR count). The van der Waals surface area contributed by atoms with Gasteiger partial charge in [-0.2, -0.15) is 5.26 Å². The van der Waals surface area contributed by atoms with Gasteiger partial charge in [0.1, 0.15) is 11.9 Å². The third-order valence-electron chi connectivity index (χ3n) is 1.21. The summed E-state index contributed by atoms with van der Waals surface area (Å²) in [7, 11) is 0. The van der Waals surface area contributed by atoms with Crippen LogP contribution in [0.3, 0.4) is 0 Å². The molecule has 0 saturated carbocycles. The summed E-state index contributed by atoms with van der Waals surface area (Å²) < 4.78 is 13.0. The van der Waals surface area contributed by atoms with Gasteiger partial charge in [-0.15, -0.1) is 0 Å². The van der Waals surface area contributed by atoms with Crippen LogP contribution in [0.1, 0.15) is 5.56 Å². The number of nitrogens with two attached hydrogens (primary N) is 1. The van der Waals surface area contributed by atoms with E-state index in [1.807, 2.05) is 0 Å². The Balaban J connectivity index is 3.39. The minimum Gasteiger partial charge on any atom is -0.397 e. The van der Waals surface area contributed by atoms with E-state index in [4.69, 9.17) is 11.0 Å². The lowest BCUT2D eigenvalue weighted by Crippen LogP contribution is -1.92. The summed E-state index contributed by atoms with van der Waals surface area (Å²) in [5, 5.41) is 8.45. The average molecular weight is 215 g/mol. The van der Waals surface area contributed by atoms with Gasteiger partial charge in [-0.3, -0.25) is 0 Å². The first-order valence-electron chi connectivity index (χ1n) is 2.79. The zero-order valence-electron chi connectivity index (χ0n) is 5.44. The van der Waals surface area contributed by atoms with Gasteiger partial charge in [0, 0.05) is 4.47 Å². The van der Waals surface area contributed by atoms with E-state index in [0.29, 0.717) is 4.47 Å². The summed E-state index contributed by atoms with van der Waals surface area (Å²) >= 11 is 3.02. The maximum Gasteiger partial charge on any atom is 0.125 e. The Morgan fingerprint density at radius 1 is 1.55 bits per heavy atom. The lowest BCUT2D eigenvalue weighted by Gasteiger charge is -1.99. The monoisotopic (exact) mass is 214 g/mol. The lowest BCUT2D eigenvalue weighted by molar-refractivity contribution is 0.626. The normalized spacial score (nSPS) is 9.18. The van der Waals surface area contributed by atoms with Crippen LogP contribution in [0.25, 0.3) is 0 Å². The average Bonchev–Trinajstić information content (AvgIpc) is 1.96. The molecule has 0 saturated heterocycles. The van der Waals surface area contributed by atoms with Crippen LogP contribution >= 0.6 is 15.9 Å². The van der Waals surface area contributed by atoms with E-state index in [2.05, 4.69) is 15.9 Å². The van der Waals surface area contributed by atoms with Gasteiger partial charge in [-0.05, 0) is 28.1 Å². The summed E-state index contributed by atoms with van der Waals surface area (Å²) in [6.45, 7) is 0. The predicted molar refractivity (Wildman–Crippen MR) is 43.2 cm³/mol. The topological polar surface area (TPSA) is 49.8 Å². The minimum absolute atomic E-state index is 0.150. The van der Waals surface area contributed by atoms with Crippen molar-refractivity contribution in [2.75, 3.05) is 5.73 Å². The zero-order chi connectivity index (χ0) is 8.43. The SMILES string of the molecule is N#Cc1cc(F)cc(Br)c1N. The maximum absolute atomic E-state index is 12.6. The molecule has 1 aromatic carbocycles. The van der Waals surface area contributed by atoms with Crippen LogP contribution in [-0.2, 0) is 0 Å². The van der Waals surface area contributed by atoms with Gasteiger partial charge in [0.05, 0.1) is 11.3 Å². The molecule has 0 aliphatic carbocycles. The van der Waals surface area contributed by atoms with E-state index >= 15 is 0 Å². The van der Waals surface area contributed by atoms with Gasteiger partial charge in [-0.1, -0.05) is 0 Å². The van der Waals surface area contributed by atoms with Gasteiger partial charge < -0.3 is 5.73 Å². The summed E-state index contributed by atoms with van der Waals surface area (Å²) in [6, 6.07) is 4.10. The highest BCUT2D eigenvalue weighted by Gasteiger charge is 2.04. The predicted octanol–water partition coefficient (Wildman–Crippen LogP) is 2.04. The first-order chi connectivity index (χ1) is 5.15. The lowest BCUT2D eigenvalue weighted by atomic mass is 10.2. The largest absolute Gasteiger partial charge is 0.397 e. The molecule has 0 radical (unpaired) electrons. The van der Waals surface area contributed by atoms with Crippen LogP contribution in [0.15, 0.2) is 16.6 Å². The quantitative estimate of drug-likeness (QED) is 0.673. The Morgan fingerprint density at radius 3 is 2.73 bits per heavy atom. The molecule has 0 spiro atoms. The van der Waals surface area contributed by atoms with Crippen LogP contribution in [0.4, 0.5) is 10.1 Å².